The number of hydrogen-bond acceptors (Lipinski definition) is 8. The van der Waals surface area contributed by atoms with Crippen LogP contribution in [0.2, 0.25) is 0 Å². The third-order valence-corrected chi connectivity index (χ3v) is 9.41. The van der Waals surface area contributed by atoms with Crippen LogP contribution in [0.5, 0.6) is 0 Å². The Balaban J connectivity index is 4.45. The Kier molecular flexibility index (Phi) is 32.3. The van der Waals surface area contributed by atoms with Crippen molar-refractivity contribution in [3.05, 3.63) is 24.3 Å². The number of carbonyl (C=O) groups is 2. The van der Waals surface area contributed by atoms with Gasteiger partial charge in [0.1, 0.15) is 19.8 Å². The highest BCUT2D eigenvalue weighted by molar-refractivity contribution is 7.45. The van der Waals surface area contributed by atoms with Crippen molar-refractivity contribution in [2.75, 3.05) is 47.5 Å². The molecule has 0 aliphatic rings. The summed E-state index contributed by atoms with van der Waals surface area (Å²) in [6.07, 6.45) is 33.4. The Morgan fingerprint density at radius 2 is 1.02 bits per heavy atom. The van der Waals surface area contributed by atoms with E-state index in [9.17, 15) is 19.0 Å². The van der Waals surface area contributed by atoms with Crippen LogP contribution in [-0.2, 0) is 32.7 Å². The van der Waals surface area contributed by atoms with E-state index < -0.39 is 32.5 Å². The predicted molar refractivity (Wildman–Crippen MR) is 204 cm³/mol. The number of esters is 2. The second-order valence-electron chi connectivity index (χ2n) is 14.6. The van der Waals surface area contributed by atoms with E-state index in [1.54, 1.807) is 0 Å². The third kappa shape index (κ3) is 36.3. The summed E-state index contributed by atoms with van der Waals surface area (Å²) in [4.78, 5) is 37.3. The van der Waals surface area contributed by atoms with Crippen LogP contribution in [0.1, 0.15) is 168 Å². The minimum Gasteiger partial charge on any atom is -0.756 e. The van der Waals surface area contributed by atoms with Gasteiger partial charge in [-0.15, -0.1) is 0 Å². The lowest BCUT2D eigenvalue weighted by Gasteiger charge is -2.28. The van der Waals surface area contributed by atoms with Gasteiger partial charge in [0.15, 0.2) is 6.10 Å². The maximum Gasteiger partial charge on any atom is 0.306 e. The average Bonchev–Trinajstić information content (AvgIpc) is 3.06. The lowest BCUT2D eigenvalue weighted by Crippen LogP contribution is -2.37. The highest BCUT2D eigenvalue weighted by Crippen LogP contribution is 2.38. The maximum absolute atomic E-state index is 12.6. The molecule has 0 radical (unpaired) electrons. The van der Waals surface area contributed by atoms with Crippen molar-refractivity contribution in [3.63, 3.8) is 0 Å². The topological polar surface area (TPSA) is 111 Å². The van der Waals surface area contributed by atoms with E-state index in [4.69, 9.17) is 18.5 Å². The van der Waals surface area contributed by atoms with Crippen LogP contribution in [-0.4, -0.2) is 70.0 Å². The van der Waals surface area contributed by atoms with Gasteiger partial charge in [0, 0.05) is 12.8 Å². The van der Waals surface area contributed by atoms with Gasteiger partial charge in [-0.2, -0.15) is 0 Å². The van der Waals surface area contributed by atoms with E-state index >= 15 is 0 Å². The van der Waals surface area contributed by atoms with Crippen LogP contribution in [0.15, 0.2) is 24.3 Å². The van der Waals surface area contributed by atoms with Gasteiger partial charge in [-0.25, -0.2) is 0 Å². The fourth-order valence-corrected chi connectivity index (χ4v) is 5.96. The fourth-order valence-electron chi connectivity index (χ4n) is 5.23. The summed E-state index contributed by atoms with van der Waals surface area (Å²) in [6.45, 7) is 4.16. The SMILES string of the molecule is CCCCCC/C=C/CCCCCCCC(=O)O[C@H](COC(=O)CCCCC/C=C/CCCCCCCC)COP(=O)([O-])OCC[N+](C)(C)C. The monoisotopic (exact) mass is 730 g/mol. The Bertz CT molecular complexity index is 918. The molecule has 0 aromatic carbocycles. The zero-order valence-electron chi connectivity index (χ0n) is 32.8. The molecule has 2 atom stereocenters. The van der Waals surface area contributed by atoms with Crippen molar-refractivity contribution in [2.45, 2.75) is 174 Å². The number of likely N-dealkylation sites (N-methyl/N-ethyl adjacent to an activating group) is 1. The van der Waals surface area contributed by atoms with E-state index in [1.165, 1.54) is 70.6 Å². The highest BCUT2D eigenvalue weighted by Gasteiger charge is 2.21. The Morgan fingerprint density at radius 1 is 0.600 bits per heavy atom. The van der Waals surface area contributed by atoms with Gasteiger partial charge in [0.05, 0.1) is 27.7 Å². The lowest BCUT2D eigenvalue weighted by molar-refractivity contribution is -0.870. The van der Waals surface area contributed by atoms with Gasteiger partial charge < -0.3 is 27.9 Å². The molecule has 0 rings (SSSR count). The molecule has 0 bridgehead atoms. The molecule has 0 saturated heterocycles. The summed E-state index contributed by atoms with van der Waals surface area (Å²) in [5, 5.41) is 0. The molecule has 0 spiro atoms. The second-order valence-corrected chi connectivity index (χ2v) is 16.1. The van der Waals surface area contributed by atoms with E-state index in [0.29, 0.717) is 23.9 Å². The van der Waals surface area contributed by atoms with Gasteiger partial charge in [0.2, 0.25) is 0 Å². The first-order chi connectivity index (χ1) is 24.0. The number of ether oxygens (including phenoxy) is 2. The molecule has 0 saturated carbocycles. The van der Waals surface area contributed by atoms with Gasteiger partial charge in [-0.1, -0.05) is 115 Å². The quantitative estimate of drug-likeness (QED) is 0.0206. The van der Waals surface area contributed by atoms with Crippen molar-refractivity contribution in [2.24, 2.45) is 0 Å². The summed E-state index contributed by atoms with van der Waals surface area (Å²) in [6, 6.07) is 0. The Hall–Kier alpha value is -1.51. The minimum absolute atomic E-state index is 0.0338. The van der Waals surface area contributed by atoms with Crippen LogP contribution in [0.3, 0.4) is 0 Å². The normalized spacial score (nSPS) is 14.0. The molecule has 9 nitrogen and oxygen atoms in total. The van der Waals surface area contributed by atoms with Crippen molar-refractivity contribution < 1.29 is 42.1 Å². The number of unbranched alkanes of at least 4 members (excludes halogenated alkanes) is 18. The number of phosphoric acid groups is 1. The largest absolute Gasteiger partial charge is 0.756 e. The van der Waals surface area contributed by atoms with Crippen molar-refractivity contribution in [1.29, 1.82) is 0 Å². The summed E-state index contributed by atoms with van der Waals surface area (Å²) < 4.78 is 33.7. The molecule has 0 aromatic heterocycles. The zero-order valence-corrected chi connectivity index (χ0v) is 33.7. The number of quaternary nitrogens is 1. The average molecular weight is 730 g/mol. The number of nitrogens with zero attached hydrogens (tertiary/aromatic N) is 1. The zero-order chi connectivity index (χ0) is 37.2. The van der Waals surface area contributed by atoms with Crippen LogP contribution in [0.25, 0.3) is 0 Å². The van der Waals surface area contributed by atoms with Gasteiger partial charge in [-0.05, 0) is 64.2 Å². The number of rotatable bonds is 36. The van der Waals surface area contributed by atoms with E-state index in [-0.39, 0.29) is 26.1 Å². The van der Waals surface area contributed by atoms with Crippen LogP contribution >= 0.6 is 7.82 Å². The molecular formula is C40H76NO8P. The van der Waals surface area contributed by atoms with E-state index in [2.05, 4.69) is 38.2 Å². The third-order valence-electron chi connectivity index (χ3n) is 8.44. The summed E-state index contributed by atoms with van der Waals surface area (Å²) >= 11 is 0. The lowest BCUT2D eigenvalue weighted by atomic mass is 10.1. The van der Waals surface area contributed by atoms with Crippen LogP contribution < -0.4 is 4.89 Å². The molecule has 0 N–H and O–H groups in total. The summed E-state index contributed by atoms with van der Waals surface area (Å²) in [5.41, 5.74) is 0. The van der Waals surface area contributed by atoms with Crippen molar-refractivity contribution in [3.8, 4) is 0 Å². The fraction of sp³-hybridized carbons (Fsp3) is 0.850. The standard InChI is InChI=1S/C40H76NO8P/c1-6-8-10-12-14-16-18-20-22-24-26-28-30-32-39(42)46-36-38(37-48-50(44,45)47-35-34-41(3,4)5)49-40(43)33-31-29-27-25-23-21-19-17-15-13-11-9-7-2/h17,19-20,22,38H,6-16,18,21,23-37H2,1-5H3/b19-17+,22-20+/t38-/m1/s1. The Labute approximate surface area is 307 Å². The summed E-state index contributed by atoms with van der Waals surface area (Å²) in [5.74, 6) is -0.864. The molecule has 0 fully saturated rings. The van der Waals surface area contributed by atoms with Gasteiger partial charge in [0.25, 0.3) is 7.82 Å². The molecule has 0 heterocycles. The number of allylic oxidation sites excluding steroid dienone is 4. The first-order valence-electron chi connectivity index (χ1n) is 20.0. The first-order valence-corrected chi connectivity index (χ1v) is 21.5. The minimum atomic E-state index is -4.62. The van der Waals surface area contributed by atoms with Gasteiger partial charge in [-0.3, -0.25) is 14.2 Å². The maximum atomic E-state index is 12.6. The molecule has 0 amide bonds. The van der Waals surface area contributed by atoms with E-state index in [0.717, 1.165) is 57.8 Å². The summed E-state index contributed by atoms with van der Waals surface area (Å²) in [7, 11) is 1.15. The molecule has 0 aliphatic carbocycles. The molecule has 1 unspecified atom stereocenters. The number of carbonyl (C=O) groups excluding carboxylic acids is 2. The predicted octanol–water partition coefficient (Wildman–Crippen LogP) is 10.2. The van der Waals surface area contributed by atoms with Crippen LogP contribution in [0.4, 0.5) is 0 Å². The van der Waals surface area contributed by atoms with Gasteiger partial charge >= 0.3 is 11.9 Å². The number of phosphoric ester groups is 1. The van der Waals surface area contributed by atoms with E-state index in [1.807, 2.05) is 21.1 Å². The molecule has 50 heavy (non-hydrogen) atoms. The van der Waals surface area contributed by atoms with Crippen molar-refractivity contribution >= 4 is 19.8 Å². The smallest absolute Gasteiger partial charge is 0.306 e. The molecule has 0 aliphatic heterocycles. The number of hydrogen-bond donors (Lipinski definition) is 0. The van der Waals surface area contributed by atoms with Crippen LogP contribution in [0, 0.1) is 0 Å². The molecule has 0 aromatic rings. The highest BCUT2D eigenvalue weighted by atomic mass is 31.2. The Morgan fingerprint density at radius 3 is 1.52 bits per heavy atom. The van der Waals surface area contributed by atoms with Crippen molar-refractivity contribution in [1.82, 2.24) is 0 Å². The molecular weight excluding hydrogens is 653 g/mol. The second kappa shape index (κ2) is 33.3. The first kappa shape index (κ1) is 48.5. The molecule has 294 valence electrons. The molecule has 10 heteroatoms.